The van der Waals surface area contributed by atoms with Crippen LogP contribution in [0, 0.1) is 0 Å². The highest BCUT2D eigenvalue weighted by Gasteiger charge is 2.32. The third kappa shape index (κ3) is 3.32. The molecule has 0 saturated heterocycles. The quantitative estimate of drug-likeness (QED) is 0.811. The second-order valence-corrected chi connectivity index (χ2v) is 3.90. The van der Waals surface area contributed by atoms with Crippen LogP contribution in [-0.2, 0) is 0 Å². The Kier molecular flexibility index (Phi) is 3.67. The van der Waals surface area contributed by atoms with E-state index in [1.54, 1.807) is 38.1 Å². The fourth-order valence-electron chi connectivity index (χ4n) is 1.49. The molecule has 2 nitrogen and oxygen atoms in total. The first kappa shape index (κ1) is 12.7. The van der Waals surface area contributed by atoms with Gasteiger partial charge in [0.1, 0.15) is 6.54 Å². The maximum Gasteiger partial charge on any atom is 0.405 e. The number of nitrogen functional groups attached to an aromatic ring is 1. The number of rotatable bonds is 3. The first-order valence-corrected chi connectivity index (χ1v) is 4.99. The molecule has 5 heteroatoms. The van der Waals surface area contributed by atoms with Crippen molar-refractivity contribution in [3.8, 4) is 0 Å². The summed E-state index contributed by atoms with van der Waals surface area (Å²) in [6, 6.07) is 6.32. The zero-order valence-electron chi connectivity index (χ0n) is 9.25. The predicted octanol–water partition coefficient (Wildman–Crippen LogP) is 3.05. The van der Waals surface area contributed by atoms with Gasteiger partial charge in [0.05, 0.1) is 11.4 Å². The molecule has 0 heterocycles. The molecular formula is C11H15F3N2. The standard InChI is InChI=1S/C11H15F3N2/c1-8(2)16(7-11(12,13)14)10-6-4-3-5-9(10)15/h3-6,8H,7,15H2,1-2H3. The molecule has 0 unspecified atom stereocenters. The predicted molar refractivity (Wildman–Crippen MR) is 59.4 cm³/mol. The van der Waals surface area contributed by atoms with Gasteiger partial charge in [-0.05, 0) is 26.0 Å². The third-order valence-electron chi connectivity index (χ3n) is 2.22. The maximum atomic E-state index is 12.4. The highest BCUT2D eigenvalue weighted by atomic mass is 19.4. The van der Waals surface area contributed by atoms with Crippen molar-refractivity contribution in [3.05, 3.63) is 24.3 Å². The molecule has 0 aliphatic carbocycles. The van der Waals surface area contributed by atoms with Crippen LogP contribution >= 0.6 is 0 Å². The first-order valence-electron chi connectivity index (χ1n) is 4.99. The molecule has 0 spiro atoms. The van der Waals surface area contributed by atoms with Crippen LogP contribution < -0.4 is 10.6 Å². The summed E-state index contributed by atoms with van der Waals surface area (Å²) in [6.07, 6.45) is -4.23. The van der Waals surface area contributed by atoms with Crippen molar-refractivity contribution in [1.29, 1.82) is 0 Å². The van der Waals surface area contributed by atoms with Crippen LogP contribution in [0.4, 0.5) is 24.5 Å². The lowest BCUT2D eigenvalue weighted by atomic mass is 10.2. The summed E-state index contributed by atoms with van der Waals surface area (Å²) in [5, 5.41) is 0. The number of halogens is 3. The number of hydrogen-bond acceptors (Lipinski definition) is 2. The Balaban J connectivity index is 2.99. The van der Waals surface area contributed by atoms with Crippen molar-refractivity contribution in [2.24, 2.45) is 0 Å². The normalized spacial score (nSPS) is 11.9. The van der Waals surface area contributed by atoms with Crippen molar-refractivity contribution >= 4 is 11.4 Å². The van der Waals surface area contributed by atoms with Crippen LogP contribution in [0.25, 0.3) is 0 Å². The molecule has 0 amide bonds. The van der Waals surface area contributed by atoms with E-state index in [4.69, 9.17) is 5.73 Å². The highest BCUT2D eigenvalue weighted by molar-refractivity contribution is 5.67. The number of alkyl halides is 3. The highest BCUT2D eigenvalue weighted by Crippen LogP contribution is 2.28. The van der Waals surface area contributed by atoms with Crippen molar-refractivity contribution in [1.82, 2.24) is 0 Å². The van der Waals surface area contributed by atoms with Crippen LogP contribution in [-0.4, -0.2) is 18.8 Å². The zero-order chi connectivity index (χ0) is 12.3. The second-order valence-electron chi connectivity index (χ2n) is 3.90. The Morgan fingerprint density at radius 2 is 1.81 bits per heavy atom. The second kappa shape index (κ2) is 4.63. The number of hydrogen-bond donors (Lipinski definition) is 1. The molecule has 0 radical (unpaired) electrons. The van der Waals surface area contributed by atoms with Gasteiger partial charge in [-0.3, -0.25) is 0 Å². The van der Waals surface area contributed by atoms with Gasteiger partial charge in [-0.1, -0.05) is 12.1 Å². The summed E-state index contributed by atoms with van der Waals surface area (Å²) in [4.78, 5) is 1.25. The number of nitrogens with zero attached hydrogens (tertiary/aromatic N) is 1. The van der Waals surface area contributed by atoms with Gasteiger partial charge < -0.3 is 10.6 Å². The summed E-state index contributed by atoms with van der Waals surface area (Å²) in [5.41, 5.74) is 6.46. The molecule has 90 valence electrons. The Morgan fingerprint density at radius 1 is 1.25 bits per heavy atom. The van der Waals surface area contributed by atoms with E-state index < -0.39 is 12.7 Å². The largest absolute Gasteiger partial charge is 0.405 e. The summed E-state index contributed by atoms with van der Waals surface area (Å²) < 4.78 is 37.2. The van der Waals surface area contributed by atoms with E-state index in [0.29, 0.717) is 11.4 Å². The lowest BCUT2D eigenvalue weighted by Crippen LogP contribution is -2.39. The van der Waals surface area contributed by atoms with Gasteiger partial charge in [-0.25, -0.2) is 0 Å². The molecule has 0 bridgehead atoms. The van der Waals surface area contributed by atoms with Crippen molar-refractivity contribution in [3.63, 3.8) is 0 Å². The van der Waals surface area contributed by atoms with Crippen LogP contribution in [0.15, 0.2) is 24.3 Å². The van der Waals surface area contributed by atoms with Crippen LogP contribution in [0.5, 0.6) is 0 Å². The minimum absolute atomic E-state index is 0.258. The minimum atomic E-state index is -4.23. The molecule has 0 aliphatic heterocycles. The fourth-order valence-corrected chi connectivity index (χ4v) is 1.49. The van der Waals surface area contributed by atoms with Crippen LogP contribution in [0.3, 0.4) is 0 Å². The van der Waals surface area contributed by atoms with E-state index in [-0.39, 0.29) is 6.04 Å². The van der Waals surface area contributed by atoms with E-state index in [2.05, 4.69) is 0 Å². The van der Waals surface area contributed by atoms with E-state index >= 15 is 0 Å². The molecule has 1 rings (SSSR count). The van der Waals surface area contributed by atoms with Crippen LogP contribution in [0.2, 0.25) is 0 Å². The fraction of sp³-hybridized carbons (Fsp3) is 0.455. The van der Waals surface area contributed by atoms with E-state index in [1.807, 2.05) is 0 Å². The molecule has 2 N–H and O–H groups in total. The van der Waals surface area contributed by atoms with E-state index in [9.17, 15) is 13.2 Å². The molecule has 1 aromatic carbocycles. The van der Waals surface area contributed by atoms with Gasteiger partial charge in [0.15, 0.2) is 0 Å². The molecule has 0 fully saturated rings. The van der Waals surface area contributed by atoms with Gasteiger partial charge in [-0.2, -0.15) is 13.2 Å². The summed E-state index contributed by atoms with van der Waals surface area (Å²) in [6.45, 7) is 2.43. The van der Waals surface area contributed by atoms with E-state index in [1.165, 1.54) is 4.90 Å². The minimum Gasteiger partial charge on any atom is -0.397 e. The molecule has 0 aromatic heterocycles. The van der Waals surface area contributed by atoms with Gasteiger partial charge in [-0.15, -0.1) is 0 Å². The van der Waals surface area contributed by atoms with Gasteiger partial charge in [0.2, 0.25) is 0 Å². The first-order chi connectivity index (χ1) is 7.31. The van der Waals surface area contributed by atoms with Crippen molar-refractivity contribution < 1.29 is 13.2 Å². The van der Waals surface area contributed by atoms with E-state index in [0.717, 1.165) is 0 Å². The third-order valence-corrected chi connectivity index (χ3v) is 2.22. The Bertz CT molecular complexity index is 347. The van der Waals surface area contributed by atoms with Gasteiger partial charge >= 0.3 is 6.18 Å². The SMILES string of the molecule is CC(C)N(CC(F)(F)F)c1ccccc1N. The summed E-state index contributed by atoms with van der Waals surface area (Å²) >= 11 is 0. The summed E-state index contributed by atoms with van der Waals surface area (Å²) in [5.74, 6) is 0. The Labute approximate surface area is 92.9 Å². The van der Waals surface area contributed by atoms with Gasteiger partial charge in [0, 0.05) is 6.04 Å². The average Bonchev–Trinajstić information content (AvgIpc) is 2.13. The lowest BCUT2D eigenvalue weighted by molar-refractivity contribution is -0.120. The molecule has 0 aliphatic rings. The molecule has 1 aromatic rings. The van der Waals surface area contributed by atoms with Gasteiger partial charge in [0.25, 0.3) is 0 Å². The number of nitrogens with two attached hydrogens (primary N) is 1. The number of benzene rings is 1. The zero-order valence-corrected chi connectivity index (χ0v) is 9.25. The molecule has 0 saturated carbocycles. The number of anilines is 2. The summed E-state index contributed by atoms with van der Waals surface area (Å²) in [7, 11) is 0. The average molecular weight is 232 g/mol. The van der Waals surface area contributed by atoms with Crippen LogP contribution in [0.1, 0.15) is 13.8 Å². The molecular weight excluding hydrogens is 217 g/mol. The monoisotopic (exact) mass is 232 g/mol. The smallest absolute Gasteiger partial charge is 0.397 e. The maximum absolute atomic E-state index is 12.4. The van der Waals surface area contributed by atoms with Crippen molar-refractivity contribution in [2.75, 3.05) is 17.2 Å². The lowest BCUT2D eigenvalue weighted by Gasteiger charge is -2.30. The molecule has 16 heavy (non-hydrogen) atoms. The number of para-hydroxylation sites is 2. The topological polar surface area (TPSA) is 29.3 Å². The Hall–Kier alpha value is -1.39. The Morgan fingerprint density at radius 3 is 2.25 bits per heavy atom. The van der Waals surface area contributed by atoms with Crippen molar-refractivity contribution in [2.45, 2.75) is 26.1 Å². The molecule has 0 atom stereocenters.